The van der Waals surface area contributed by atoms with Crippen molar-refractivity contribution in [2.45, 2.75) is 122 Å². The summed E-state index contributed by atoms with van der Waals surface area (Å²) >= 11 is 0. The first-order valence-corrected chi connectivity index (χ1v) is 50.8. The normalized spacial score (nSPS) is 23.8. The van der Waals surface area contributed by atoms with E-state index >= 15 is 0 Å². The number of carbonyl (C=O) groups is 4. The predicted molar refractivity (Wildman–Crippen MR) is 387 cm³/mol. The number of benzene rings is 3. The fraction of sp³-hybridized carbons (Fsp3) is 0.522. The molecule has 2 saturated heterocycles. The van der Waals surface area contributed by atoms with Gasteiger partial charge in [0, 0.05) is 37.1 Å². The lowest BCUT2D eigenvalue weighted by atomic mass is 9.86. The molecular weight excluding hydrogens is 2080 g/mol. The van der Waals surface area contributed by atoms with E-state index in [1.165, 1.54) is 22.8 Å². The number of aliphatic hydroxyl groups is 2. The predicted octanol–water partition coefficient (Wildman–Crippen LogP) is -11.3. The summed E-state index contributed by atoms with van der Waals surface area (Å²) in [6.07, 6.45) is -53.7. The highest BCUT2D eigenvalue weighted by molar-refractivity contribution is 7.84. The zero-order valence-electron chi connectivity index (χ0n) is 61.0. The van der Waals surface area contributed by atoms with Crippen LogP contribution in [0.5, 0.6) is 0 Å². The number of carbonyl (C=O) groups excluding carboxylic acids is 4. The van der Waals surface area contributed by atoms with E-state index in [1.54, 1.807) is 0 Å². The fourth-order valence-corrected chi connectivity index (χ4v) is 17.8. The quantitative estimate of drug-likeness (QED) is 0.0233. The largest absolute Gasteiger partial charge is 0.398 e. The molecular formula is C46H62N4O64S14. The molecule has 3 aromatic rings. The van der Waals surface area contributed by atoms with Crippen LogP contribution in [0.3, 0.4) is 0 Å². The third-order valence-corrected chi connectivity index (χ3v) is 21.8. The van der Waals surface area contributed by atoms with E-state index < -0.39 is 329 Å². The van der Waals surface area contributed by atoms with Crippen LogP contribution in [0.1, 0.15) is 31.8 Å². The summed E-state index contributed by atoms with van der Waals surface area (Å²) in [4.78, 5) is 57.7. The summed E-state index contributed by atoms with van der Waals surface area (Å²) in [5, 5.41) is 31.7. The number of rotatable bonds is 50. The van der Waals surface area contributed by atoms with Crippen molar-refractivity contribution in [1.82, 2.24) is 21.3 Å². The van der Waals surface area contributed by atoms with Crippen LogP contribution in [-0.4, -0.2) is 351 Å². The Morgan fingerprint density at radius 2 is 0.555 bits per heavy atom. The van der Waals surface area contributed by atoms with Crippen molar-refractivity contribution in [2.24, 2.45) is 0 Å². The van der Waals surface area contributed by atoms with Gasteiger partial charge in [-0.3, -0.25) is 82.9 Å². The maximum Gasteiger partial charge on any atom is 0.398 e. The maximum absolute atomic E-state index is 14.6. The van der Waals surface area contributed by atoms with Crippen LogP contribution in [0.25, 0.3) is 0 Å². The number of hydrogen-bond donors (Lipinski definition) is 20. The molecule has 3 aromatic carbocycles. The number of amides is 4. The smallest absolute Gasteiger partial charge is 0.363 e. The summed E-state index contributed by atoms with van der Waals surface area (Å²) in [5.74, 6) is -16.5. The minimum absolute atomic E-state index is 0.299. The van der Waals surface area contributed by atoms with E-state index in [9.17, 15) is 202 Å². The maximum atomic E-state index is 14.6. The van der Waals surface area contributed by atoms with Crippen LogP contribution in [0.2, 0.25) is 0 Å². The second-order valence-corrected chi connectivity index (χ2v) is 39.4. The third-order valence-electron chi connectivity index (χ3n) is 15.3. The molecule has 68 nitrogen and oxygen atoms in total. The SMILES string of the molecule is O=C(N[C@@H]1[C@@H](OS(=O)(=O)O)[C@H](OS(=O)(=O)O)[C@@H](CNC(=O)[C@H](OS(=O)(=O)O)[C@@H](OS(=O)(=O)O)[C@H](OS(=O)(=O)O)[C@@H](COS(=O)(=O)O)OS(=O)(=O)O)O[C@@]1(O)Cc1ccccc1)c1ccc(C(=O)N[C@@H]2[C@@H](OS(=O)(=O)O)[C@H](OS(=O)(=O)O)[C@@H](CNC(=O)[C@H](OS(=O)(=O)O)[C@@H](OS(=O)(=O)O)[C@H](OS(=O)(=O)O)[C@@H](COS(=O)(=O)O)OS(=O)(=O)O)O[C@@]2(O)Cc2ccccc2)cc1. The van der Waals surface area contributed by atoms with Crippen molar-refractivity contribution in [1.29, 1.82) is 0 Å². The molecule has 0 saturated carbocycles. The van der Waals surface area contributed by atoms with Crippen LogP contribution in [0.4, 0.5) is 0 Å². The van der Waals surface area contributed by atoms with E-state index in [4.69, 9.17) is 18.6 Å². The van der Waals surface area contributed by atoms with Gasteiger partial charge in [0.25, 0.3) is 23.6 Å². The fourth-order valence-electron chi connectivity index (χ4n) is 11.3. The van der Waals surface area contributed by atoms with E-state index in [0.717, 1.165) is 48.5 Å². The Hall–Kier alpha value is -6.44. The summed E-state index contributed by atoms with van der Waals surface area (Å²) in [6.45, 7) is -8.91. The highest BCUT2D eigenvalue weighted by atomic mass is 32.3. The molecule has 2 aliphatic heterocycles. The summed E-state index contributed by atoms with van der Waals surface area (Å²) in [5.41, 5.74) is -2.56. The van der Waals surface area contributed by atoms with Crippen LogP contribution in [0, 0.1) is 0 Å². The van der Waals surface area contributed by atoms with Gasteiger partial charge in [-0.05, 0) is 35.4 Å². The summed E-state index contributed by atoms with van der Waals surface area (Å²) < 4.78 is 548. The lowest BCUT2D eigenvalue weighted by Gasteiger charge is -2.49. The summed E-state index contributed by atoms with van der Waals surface area (Å²) in [6, 6.07) is 7.09. The standard InChI is InChI=1S/C46H62N4O64S14/c51-41(49-39-35(111-125(87,88)89)29(105-119(69,70)71)25(101-45(39,55)15-21-7-3-1-4-8-21)17-47-43(53)37(113-127(93,94)95)33(109-123(81,82)83)31(107-121(75,76)77)27(103-117(63,64)65)19-99-115(57,58)59)23-11-13-24(14-12-23)42(52)50-40-36(112-126(90,91)92)30(106-120(72,73)74)26(102-46(40,56)16-22-9-5-2-6-10-22)18-48-44(54)38(114-128(96,97)98)34(110-124(84,85)86)32(108-122(78,79)80)28(104-118(66,67)68)20-100-116(60,61)62/h1-14,25-40,55-56H,15-20H2,(H,47,53)(H,48,54)(H,49,51)(H,50,52)(H,57,58,59)(H,60,61,62)(H,63,64,65)(H,66,67,68)(H,69,70,71)(H,72,73,74)(H,75,76,77)(H,78,79,80)(H,81,82,83)(H,84,85,86)(H,87,88,89)(H,90,91,92)(H,93,94,95)(H,96,97,98)/t25-,26-,27-,28-,29-,30-,31-,32-,33+,34+,35+,36+,37-,38-,39-,40-,45+,46+/m1/s1. The molecule has 2 fully saturated rings. The lowest BCUT2D eigenvalue weighted by Crippen LogP contribution is -2.73. The minimum Gasteiger partial charge on any atom is -0.363 e. The molecule has 0 aliphatic carbocycles. The highest BCUT2D eigenvalue weighted by Crippen LogP contribution is 2.39. The van der Waals surface area contributed by atoms with Gasteiger partial charge in [0.2, 0.25) is 0 Å². The molecule has 734 valence electrons. The first kappa shape index (κ1) is 112. The van der Waals surface area contributed by atoms with Gasteiger partial charge in [-0.25, -0.2) is 58.6 Å². The number of ether oxygens (including phenoxy) is 2. The molecule has 5 rings (SSSR count). The van der Waals surface area contributed by atoms with Crippen molar-refractivity contribution in [3.05, 3.63) is 107 Å². The van der Waals surface area contributed by atoms with Crippen LogP contribution in [-0.2, 0) is 236 Å². The molecule has 0 spiro atoms. The van der Waals surface area contributed by atoms with Gasteiger partial charge in [-0.15, -0.1) is 0 Å². The molecule has 82 heteroatoms. The second-order valence-electron chi connectivity index (χ2n) is 24.6. The Morgan fingerprint density at radius 3 is 0.789 bits per heavy atom. The molecule has 2 aliphatic rings. The van der Waals surface area contributed by atoms with Gasteiger partial charge in [-0.1, -0.05) is 60.7 Å². The molecule has 2 heterocycles. The number of nitrogens with one attached hydrogen (secondary N) is 4. The van der Waals surface area contributed by atoms with Gasteiger partial charge in [0.1, 0.15) is 85.3 Å². The van der Waals surface area contributed by atoms with Crippen molar-refractivity contribution < 1.29 is 279 Å². The average molecular weight is 2140 g/mol. The Balaban J connectivity index is 1.68. The monoisotopic (exact) mass is 2140 g/mol. The molecule has 0 radical (unpaired) electrons. The van der Waals surface area contributed by atoms with Crippen LogP contribution < -0.4 is 21.3 Å². The van der Waals surface area contributed by atoms with Crippen LogP contribution in [0.15, 0.2) is 84.9 Å². The van der Waals surface area contributed by atoms with Gasteiger partial charge in [0.05, 0.1) is 13.2 Å². The highest BCUT2D eigenvalue weighted by Gasteiger charge is 2.62. The van der Waals surface area contributed by atoms with E-state index in [2.05, 4.69) is 58.6 Å². The average Bonchev–Trinajstić information content (AvgIpc) is 0.745. The molecule has 20 N–H and O–H groups in total. The van der Waals surface area contributed by atoms with E-state index in [0.29, 0.717) is 24.3 Å². The minimum atomic E-state index is -6.66. The molecule has 0 aromatic heterocycles. The summed E-state index contributed by atoms with van der Waals surface area (Å²) in [7, 11) is -90.2. The van der Waals surface area contributed by atoms with E-state index in [-0.39, 0.29) is 11.1 Å². The molecule has 0 bridgehead atoms. The number of hydrogen-bond acceptors (Lipinski definition) is 50. The molecule has 0 unspecified atom stereocenters. The topological polar surface area (TPSA) is 1070 Å². The van der Waals surface area contributed by atoms with Gasteiger partial charge < -0.3 is 41.0 Å². The van der Waals surface area contributed by atoms with Crippen molar-refractivity contribution in [2.75, 3.05) is 26.3 Å². The molecule has 128 heavy (non-hydrogen) atoms. The lowest BCUT2D eigenvalue weighted by molar-refractivity contribution is -0.304. The zero-order valence-corrected chi connectivity index (χ0v) is 72.5. The van der Waals surface area contributed by atoms with Gasteiger partial charge in [0.15, 0.2) is 23.8 Å². The first-order valence-electron chi connectivity index (χ1n) is 31.7. The Bertz CT molecular complexity index is 5850. The Labute approximate surface area is 720 Å². The van der Waals surface area contributed by atoms with Gasteiger partial charge >= 0.3 is 146 Å². The molecule has 18 atom stereocenters. The molecule has 4 amide bonds. The van der Waals surface area contributed by atoms with E-state index in [1.807, 2.05) is 10.6 Å². The second kappa shape index (κ2) is 42.4. The van der Waals surface area contributed by atoms with Crippen LogP contribution >= 0.6 is 0 Å². The van der Waals surface area contributed by atoms with Crippen molar-refractivity contribution >= 4 is 169 Å². The zero-order chi connectivity index (χ0) is 98.1. The Morgan fingerprint density at radius 1 is 0.312 bits per heavy atom. The van der Waals surface area contributed by atoms with Gasteiger partial charge in [-0.2, -0.15) is 118 Å². The Kier molecular flexibility index (Phi) is 37.1. The third kappa shape index (κ3) is 39.8. The first-order chi connectivity index (χ1) is 57.5. The van der Waals surface area contributed by atoms with Crippen molar-refractivity contribution in [3.8, 4) is 0 Å². The van der Waals surface area contributed by atoms with Crippen molar-refractivity contribution in [3.63, 3.8) is 0 Å².